The van der Waals surface area contributed by atoms with Crippen molar-refractivity contribution in [3.05, 3.63) is 125 Å². The Balaban J connectivity index is 1.09. The molecule has 1 aromatic heterocycles. The summed E-state index contributed by atoms with van der Waals surface area (Å²) in [6.07, 6.45) is 3.46. The summed E-state index contributed by atoms with van der Waals surface area (Å²) in [4.78, 5) is 33.1. The highest BCUT2D eigenvalue weighted by molar-refractivity contribution is 6.72. The van der Waals surface area contributed by atoms with Gasteiger partial charge in [0.2, 0.25) is 14.3 Å². The summed E-state index contributed by atoms with van der Waals surface area (Å²) in [6, 6.07) is 28.2. The second-order valence-corrected chi connectivity index (χ2v) is 21.4. The van der Waals surface area contributed by atoms with Gasteiger partial charge in [0.15, 0.2) is 5.60 Å². The number of ether oxygens (including phenoxy) is 3. The average molecular weight is 891 g/mol. The minimum Gasteiger partial charge on any atom is -0.497 e. The smallest absolute Gasteiger partial charge is 0.264 e. The van der Waals surface area contributed by atoms with Crippen molar-refractivity contribution < 1.29 is 38.1 Å². The van der Waals surface area contributed by atoms with Gasteiger partial charge in [-0.2, -0.15) is 0 Å². The molecule has 5 aromatic rings. The number of carbonyl (C=O) groups excluding carboxylic acids is 2. The third-order valence-corrected chi connectivity index (χ3v) is 15.6. The lowest BCUT2D eigenvalue weighted by Crippen LogP contribution is -2.49. The lowest BCUT2D eigenvalue weighted by atomic mass is 9.82. The van der Waals surface area contributed by atoms with Crippen molar-refractivity contribution in [3.63, 3.8) is 0 Å². The maximum Gasteiger partial charge on any atom is 0.264 e. The summed E-state index contributed by atoms with van der Waals surface area (Å²) in [5.41, 5.74) is 4.03. The van der Waals surface area contributed by atoms with Crippen LogP contribution in [0.15, 0.2) is 97.2 Å². The van der Waals surface area contributed by atoms with Crippen molar-refractivity contribution in [3.8, 4) is 11.5 Å². The van der Waals surface area contributed by atoms with Gasteiger partial charge in [-0.15, -0.1) is 5.10 Å². The Morgan fingerprint density at radius 1 is 0.984 bits per heavy atom. The number of rotatable bonds is 18. The molecule has 1 fully saturated rings. The monoisotopic (exact) mass is 890 g/mol. The highest BCUT2D eigenvalue weighted by Gasteiger charge is 2.66. The largest absolute Gasteiger partial charge is 0.497 e. The number of hydrogen-bond acceptors (Lipinski definition) is 10. The van der Waals surface area contributed by atoms with E-state index in [1.165, 1.54) is 0 Å². The second kappa shape index (κ2) is 18.9. The molecule has 1 spiro atoms. The van der Waals surface area contributed by atoms with Crippen LogP contribution in [0.25, 0.3) is 0 Å². The van der Waals surface area contributed by atoms with E-state index in [-0.39, 0.29) is 37.5 Å². The number of unbranched alkanes of at least 4 members (excludes halogenated alkanes) is 1. The third-order valence-electron chi connectivity index (χ3n) is 13.1. The number of benzene rings is 4. The molecule has 0 radical (unpaired) electrons. The van der Waals surface area contributed by atoms with Gasteiger partial charge in [0.25, 0.3) is 5.91 Å². The molecule has 13 nitrogen and oxygen atoms in total. The van der Waals surface area contributed by atoms with Crippen LogP contribution in [0.5, 0.6) is 11.5 Å². The van der Waals surface area contributed by atoms with Gasteiger partial charge in [0, 0.05) is 42.1 Å². The number of fused-ring (bicyclic) bond motifs is 3. The normalized spacial score (nSPS) is 22.2. The van der Waals surface area contributed by atoms with Crippen LogP contribution in [-0.4, -0.2) is 91.0 Å². The fraction of sp³-hybridized carbons (Fsp3) is 0.429. The van der Waals surface area contributed by atoms with E-state index in [0.29, 0.717) is 67.3 Å². The van der Waals surface area contributed by atoms with Crippen molar-refractivity contribution in [1.29, 1.82) is 0 Å². The molecule has 2 unspecified atom stereocenters. The van der Waals surface area contributed by atoms with Crippen molar-refractivity contribution >= 4 is 37.3 Å². The minimum atomic E-state index is -3.47. The molecule has 3 aliphatic rings. The predicted octanol–water partition coefficient (Wildman–Crippen LogP) is 7.17. The number of nitrogens with zero attached hydrogens (tertiary/aromatic N) is 5. The van der Waals surface area contributed by atoms with Gasteiger partial charge in [0.1, 0.15) is 11.5 Å². The van der Waals surface area contributed by atoms with Crippen LogP contribution in [0, 0.1) is 5.92 Å². The quantitative estimate of drug-likeness (QED) is 0.0469. The second-order valence-electron chi connectivity index (χ2n) is 17.6. The van der Waals surface area contributed by atoms with Gasteiger partial charge in [-0.1, -0.05) is 54.6 Å². The number of methoxy groups -OCH3 is 1. The number of aliphatic hydroxyl groups is 2. The molecule has 0 aliphatic carbocycles. The van der Waals surface area contributed by atoms with Gasteiger partial charge < -0.3 is 38.7 Å². The number of halogens is 1. The standard InChI is InChI=1S/C49H59FN6O7Si/c1-6-62-38-18-19-43-35(26-38)27-41(51-22-10-11-24-57)47(59)56(43)36-16-12-13-33(25-36)29-55-44-20-17-37(61-3)28-40(44)49(48(55)60)32(2)46(64(4,5)50)45(63-49)21-23-54-30-42(52-53-54)39(31-58)34-14-8-7-9-15-34/h7-9,12-20,25-26,28,30,32,39,41,45-46,51,57-58H,6,10-11,21-24,27,29,31H2,1-5H3/t32-,39?,41?,45+,46-,49+/m1/s1. The first-order valence-corrected chi connectivity index (χ1v) is 25.3. The van der Waals surface area contributed by atoms with Gasteiger partial charge in [-0.3, -0.25) is 19.2 Å². The molecular formula is C49H59FN6O7Si. The van der Waals surface area contributed by atoms with Crippen LogP contribution in [0.3, 0.4) is 0 Å². The Hall–Kier alpha value is -5.45. The number of carbonyl (C=O) groups is 2. The Kier molecular flexibility index (Phi) is 13.4. The van der Waals surface area contributed by atoms with E-state index in [1.807, 2.05) is 111 Å². The van der Waals surface area contributed by atoms with E-state index in [1.54, 1.807) is 34.7 Å². The van der Waals surface area contributed by atoms with Gasteiger partial charge in [-0.25, -0.2) is 0 Å². The summed E-state index contributed by atoms with van der Waals surface area (Å²) in [5.74, 6) is 0.0603. The molecule has 2 amide bonds. The Morgan fingerprint density at radius 3 is 2.50 bits per heavy atom. The predicted molar refractivity (Wildman–Crippen MR) is 245 cm³/mol. The number of aliphatic hydroxyl groups excluding tert-OH is 2. The maximum atomic E-state index is 16.7. The van der Waals surface area contributed by atoms with Crippen LogP contribution in [0.2, 0.25) is 18.6 Å². The van der Waals surface area contributed by atoms with Crippen LogP contribution in [-0.2, 0) is 39.4 Å². The molecule has 6 atom stereocenters. The van der Waals surface area contributed by atoms with Gasteiger partial charge in [0.05, 0.1) is 62.0 Å². The fourth-order valence-electron chi connectivity index (χ4n) is 10.2. The zero-order valence-corrected chi connectivity index (χ0v) is 38.2. The summed E-state index contributed by atoms with van der Waals surface area (Å²) in [7, 11) is -1.89. The summed E-state index contributed by atoms with van der Waals surface area (Å²) >= 11 is 0. The molecule has 0 saturated carbocycles. The van der Waals surface area contributed by atoms with E-state index >= 15 is 8.90 Å². The van der Waals surface area contributed by atoms with Crippen molar-refractivity contribution in [2.75, 3.05) is 43.3 Å². The molecule has 3 aliphatic heterocycles. The molecule has 64 heavy (non-hydrogen) atoms. The van der Waals surface area contributed by atoms with Crippen LogP contribution >= 0.6 is 0 Å². The highest BCUT2D eigenvalue weighted by Crippen LogP contribution is 2.61. The SMILES string of the molecule is CCOc1ccc2c(c1)CC(NCCCCO)C(=O)N2c1cccc(CN2C(=O)[C@@]3(O[C@@H](CCn4cc(C(CO)c5ccccc5)nn4)[C@H]([Si](C)(C)F)[C@H]3C)c3cc(OC)ccc32)c1. The first kappa shape index (κ1) is 45.1. The highest BCUT2D eigenvalue weighted by atomic mass is 28.4. The van der Waals surface area contributed by atoms with Crippen molar-refractivity contribution in [1.82, 2.24) is 20.3 Å². The molecule has 3 N–H and O–H groups in total. The van der Waals surface area contributed by atoms with E-state index < -0.39 is 37.6 Å². The third kappa shape index (κ3) is 8.59. The number of nitrogens with one attached hydrogen (secondary N) is 1. The molecule has 1 saturated heterocycles. The Labute approximate surface area is 375 Å². The fourth-order valence-corrected chi connectivity index (χ4v) is 12.7. The van der Waals surface area contributed by atoms with Gasteiger partial charge >= 0.3 is 0 Å². The lowest BCUT2D eigenvalue weighted by molar-refractivity contribution is -0.146. The molecule has 4 heterocycles. The molecule has 15 heteroatoms. The minimum absolute atomic E-state index is 0.0911. The molecule has 0 bridgehead atoms. The average Bonchev–Trinajstić information content (AvgIpc) is 3.95. The lowest BCUT2D eigenvalue weighted by Gasteiger charge is -2.35. The molecule has 338 valence electrons. The Bertz CT molecular complexity index is 2450. The topological polar surface area (TPSA) is 152 Å². The number of hydrogen-bond donors (Lipinski definition) is 3. The first-order valence-electron chi connectivity index (χ1n) is 22.4. The van der Waals surface area contributed by atoms with E-state index in [4.69, 9.17) is 14.2 Å². The van der Waals surface area contributed by atoms with Crippen LogP contribution < -0.4 is 24.6 Å². The summed E-state index contributed by atoms with van der Waals surface area (Å²) < 4.78 is 37.0. The molecular weight excluding hydrogens is 832 g/mol. The van der Waals surface area contributed by atoms with Crippen molar-refractivity contribution in [2.24, 2.45) is 5.92 Å². The maximum absolute atomic E-state index is 16.7. The van der Waals surface area contributed by atoms with E-state index in [9.17, 15) is 15.0 Å². The first-order chi connectivity index (χ1) is 30.9. The summed E-state index contributed by atoms with van der Waals surface area (Å²) in [5, 5.41) is 31.8. The van der Waals surface area contributed by atoms with Crippen molar-refractivity contribution in [2.45, 2.75) is 94.9 Å². The zero-order chi connectivity index (χ0) is 45.2. The number of aromatic nitrogens is 3. The van der Waals surface area contributed by atoms with Crippen LogP contribution in [0.1, 0.15) is 67.0 Å². The molecule has 4 aromatic carbocycles. The Morgan fingerprint density at radius 2 is 1.77 bits per heavy atom. The van der Waals surface area contributed by atoms with E-state index in [2.05, 4.69) is 15.6 Å². The van der Waals surface area contributed by atoms with E-state index in [0.717, 1.165) is 34.5 Å². The number of amides is 2. The number of anilines is 3. The zero-order valence-electron chi connectivity index (χ0n) is 37.2. The molecule has 8 rings (SSSR count). The number of aryl methyl sites for hydroxylation is 1. The van der Waals surface area contributed by atoms with Crippen LogP contribution in [0.4, 0.5) is 21.2 Å². The summed E-state index contributed by atoms with van der Waals surface area (Å²) in [6.45, 7) is 8.85. The van der Waals surface area contributed by atoms with Gasteiger partial charge in [-0.05, 0) is 117 Å².